The Morgan fingerprint density at radius 1 is 0.895 bits per heavy atom. The molecule has 9 heteroatoms. The second-order valence-electron chi connectivity index (χ2n) is 9.21. The molecular weight excluding hydrogens is 566 g/mol. The van der Waals surface area contributed by atoms with Crippen LogP contribution in [0.2, 0.25) is 0 Å². The molecule has 2 amide bonds. The van der Waals surface area contributed by atoms with E-state index in [0.29, 0.717) is 18.5 Å². The van der Waals surface area contributed by atoms with Gasteiger partial charge in [-0.3, -0.25) is 13.9 Å². The van der Waals surface area contributed by atoms with Gasteiger partial charge in [0.15, 0.2) is 0 Å². The van der Waals surface area contributed by atoms with Crippen molar-refractivity contribution in [1.29, 1.82) is 0 Å². The Labute approximate surface area is 234 Å². The molecule has 3 rings (SSSR count). The number of halogens is 1. The Hall–Kier alpha value is -3.17. The van der Waals surface area contributed by atoms with Gasteiger partial charge in [-0.05, 0) is 68.7 Å². The largest absolute Gasteiger partial charge is 0.352 e. The molecule has 0 saturated carbocycles. The fourth-order valence-electron chi connectivity index (χ4n) is 4.13. The zero-order valence-corrected chi connectivity index (χ0v) is 24.3. The van der Waals surface area contributed by atoms with Gasteiger partial charge in [0.1, 0.15) is 12.6 Å². The van der Waals surface area contributed by atoms with Gasteiger partial charge in [-0.2, -0.15) is 0 Å². The number of carbonyl (C=O) groups excluding carboxylic acids is 2. The summed E-state index contributed by atoms with van der Waals surface area (Å²) in [5.74, 6) is -0.709. The Morgan fingerprint density at radius 2 is 1.47 bits per heavy atom. The maximum Gasteiger partial charge on any atom is 0.264 e. The topological polar surface area (TPSA) is 86.8 Å². The van der Waals surface area contributed by atoms with Crippen LogP contribution in [0.3, 0.4) is 0 Å². The summed E-state index contributed by atoms with van der Waals surface area (Å²) < 4.78 is 29.4. The molecule has 0 aliphatic rings. The summed E-state index contributed by atoms with van der Waals surface area (Å²) in [4.78, 5) is 28.6. The number of rotatable bonds is 12. The van der Waals surface area contributed by atoms with E-state index in [2.05, 4.69) is 21.2 Å². The summed E-state index contributed by atoms with van der Waals surface area (Å²) in [5, 5.41) is 2.90. The van der Waals surface area contributed by atoms with E-state index in [4.69, 9.17) is 0 Å². The van der Waals surface area contributed by atoms with Crippen LogP contribution in [-0.4, -0.2) is 50.3 Å². The second kappa shape index (κ2) is 13.6. The van der Waals surface area contributed by atoms with Crippen LogP contribution in [0, 0.1) is 0 Å². The number of hydrogen-bond donors (Lipinski definition) is 1. The van der Waals surface area contributed by atoms with E-state index in [1.54, 1.807) is 42.5 Å². The molecule has 0 unspecified atom stereocenters. The highest BCUT2D eigenvalue weighted by molar-refractivity contribution is 9.10. The van der Waals surface area contributed by atoms with Crippen molar-refractivity contribution in [2.45, 2.75) is 50.6 Å². The maximum atomic E-state index is 13.9. The zero-order valence-electron chi connectivity index (χ0n) is 21.9. The SMILES string of the molecule is CC[C@H](C(=O)NC(C)C)N(CCc1ccccc1)C(=O)CN(c1ccc(Br)cc1)S(=O)(=O)c1ccccc1. The fraction of sp³-hybridized carbons (Fsp3) is 0.310. The van der Waals surface area contributed by atoms with E-state index >= 15 is 0 Å². The van der Waals surface area contributed by atoms with Gasteiger partial charge in [-0.15, -0.1) is 0 Å². The Balaban J connectivity index is 1.99. The lowest BCUT2D eigenvalue weighted by Gasteiger charge is -2.33. The third-order valence-electron chi connectivity index (χ3n) is 6.03. The third kappa shape index (κ3) is 7.68. The van der Waals surface area contributed by atoms with Gasteiger partial charge < -0.3 is 10.2 Å². The lowest BCUT2D eigenvalue weighted by atomic mass is 10.1. The number of anilines is 1. The predicted octanol–water partition coefficient (Wildman–Crippen LogP) is 5.02. The summed E-state index contributed by atoms with van der Waals surface area (Å²) >= 11 is 3.38. The Bertz CT molecular complexity index is 1300. The summed E-state index contributed by atoms with van der Waals surface area (Å²) in [7, 11) is -4.06. The van der Waals surface area contributed by atoms with E-state index in [1.807, 2.05) is 51.1 Å². The molecule has 38 heavy (non-hydrogen) atoms. The molecule has 0 saturated heterocycles. The minimum atomic E-state index is -4.06. The molecule has 0 radical (unpaired) electrons. The molecule has 202 valence electrons. The first-order valence-corrected chi connectivity index (χ1v) is 14.8. The van der Waals surface area contributed by atoms with E-state index in [9.17, 15) is 18.0 Å². The van der Waals surface area contributed by atoms with Crippen molar-refractivity contribution >= 4 is 43.5 Å². The van der Waals surface area contributed by atoms with E-state index in [1.165, 1.54) is 17.0 Å². The van der Waals surface area contributed by atoms with Crippen molar-refractivity contribution < 1.29 is 18.0 Å². The van der Waals surface area contributed by atoms with Crippen LogP contribution in [0.1, 0.15) is 32.8 Å². The summed E-state index contributed by atoms with van der Waals surface area (Å²) in [6.45, 7) is 5.40. The maximum absolute atomic E-state index is 13.9. The van der Waals surface area contributed by atoms with Gasteiger partial charge in [0.2, 0.25) is 11.8 Å². The monoisotopic (exact) mass is 599 g/mol. The van der Waals surface area contributed by atoms with E-state index in [0.717, 1.165) is 14.3 Å². The van der Waals surface area contributed by atoms with Crippen molar-refractivity contribution in [1.82, 2.24) is 10.2 Å². The predicted molar refractivity (Wildman–Crippen MR) is 154 cm³/mol. The van der Waals surface area contributed by atoms with Gasteiger partial charge >= 0.3 is 0 Å². The third-order valence-corrected chi connectivity index (χ3v) is 8.34. The fourth-order valence-corrected chi connectivity index (χ4v) is 5.83. The molecule has 3 aromatic carbocycles. The summed E-state index contributed by atoms with van der Waals surface area (Å²) in [6, 6.07) is 23.6. The molecule has 0 aliphatic carbocycles. The van der Waals surface area contributed by atoms with Crippen LogP contribution in [0.25, 0.3) is 0 Å². The molecule has 1 atom stereocenters. The lowest BCUT2D eigenvalue weighted by Crippen LogP contribution is -2.54. The van der Waals surface area contributed by atoms with Gasteiger partial charge in [0.05, 0.1) is 10.6 Å². The standard InChI is InChI=1S/C29H34BrN3O4S/c1-4-27(29(35)31-22(2)3)32(20-19-23-11-7-5-8-12-23)28(34)21-33(25-17-15-24(30)16-18-25)38(36,37)26-13-9-6-10-14-26/h5-18,22,27H,4,19-21H2,1-3H3,(H,31,35)/t27-/m1/s1. The number of benzene rings is 3. The first kappa shape index (κ1) is 29.4. The molecule has 0 heterocycles. The number of carbonyl (C=O) groups is 2. The van der Waals surface area contributed by atoms with Crippen LogP contribution < -0.4 is 9.62 Å². The van der Waals surface area contributed by atoms with Crippen LogP contribution in [-0.2, 0) is 26.0 Å². The number of nitrogens with zero attached hydrogens (tertiary/aromatic N) is 2. The summed E-state index contributed by atoms with van der Waals surface area (Å²) in [5.41, 5.74) is 1.37. The molecule has 3 aromatic rings. The first-order chi connectivity index (χ1) is 18.1. The molecule has 1 N–H and O–H groups in total. The summed E-state index contributed by atoms with van der Waals surface area (Å²) in [6.07, 6.45) is 0.921. The first-order valence-electron chi connectivity index (χ1n) is 12.6. The molecule has 0 aromatic heterocycles. The molecule has 0 spiro atoms. The molecule has 0 fully saturated rings. The van der Waals surface area contributed by atoms with Gasteiger partial charge in [-0.1, -0.05) is 71.4 Å². The van der Waals surface area contributed by atoms with Crippen molar-refractivity contribution in [2.24, 2.45) is 0 Å². The number of hydrogen-bond acceptors (Lipinski definition) is 4. The lowest BCUT2D eigenvalue weighted by molar-refractivity contribution is -0.139. The van der Waals surface area contributed by atoms with E-state index in [-0.39, 0.29) is 23.4 Å². The van der Waals surface area contributed by atoms with E-state index < -0.39 is 28.5 Å². The normalized spacial score (nSPS) is 12.1. The highest BCUT2D eigenvalue weighted by atomic mass is 79.9. The Morgan fingerprint density at radius 3 is 2.03 bits per heavy atom. The minimum absolute atomic E-state index is 0.0798. The minimum Gasteiger partial charge on any atom is -0.352 e. The van der Waals surface area contributed by atoms with Crippen LogP contribution in [0.4, 0.5) is 5.69 Å². The average molecular weight is 601 g/mol. The number of amides is 2. The quantitative estimate of drug-likeness (QED) is 0.317. The average Bonchev–Trinajstić information content (AvgIpc) is 2.90. The molecule has 0 bridgehead atoms. The number of nitrogens with one attached hydrogen (secondary N) is 1. The zero-order chi connectivity index (χ0) is 27.7. The molecular formula is C29H34BrN3O4S. The molecule has 0 aliphatic heterocycles. The highest BCUT2D eigenvalue weighted by Crippen LogP contribution is 2.26. The van der Waals surface area contributed by atoms with Crippen LogP contribution >= 0.6 is 15.9 Å². The van der Waals surface area contributed by atoms with Gasteiger partial charge in [0, 0.05) is 17.1 Å². The smallest absolute Gasteiger partial charge is 0.264 e. The van der Waals surface area contributed by atoms with Crippen molar-refractivity contribution in [3.8, 4) is 0 Å². The molecule has 7 nitrogen and oxygen atoms in total. The highest BCUT2D eigenvalue weighted by Gasteiger charge is 2.33. The van der Waals surface area contributed by atoms with Crippen molar-refractivity contribution in [2.75, 3.05) is 17.4 Å². The second-order valence-corrected chi connectivity index (χ2v) is 12.0. The van der Waals surface area contributed by atoms with Crippen LogP contribution in [0.5, 0.6) is 0 Å². The van der Waals surface area contributed by atoms with Crippen molar-refractivity contribution in [3.63, 3.8) is 0 Å². The van der Waals surface area contributed by atoms with Gasteiger partial charge in [-0.25, -0.2) is 8.42 Å². The van der Waals surface area contributed by atoms with Crippen molar-refractivity contribution in [3.05, 3.63) is 95.0 Å². The van der Waals surface area contributed by atoms with Crippen LogP contribution in [0.15, 0.2) is 94.3 Å². The number of sulfonamides is 1. The van der Waals surface area contributed by atoms with Gasteiger partial charge in [0.25, 0.3) is 10.0 Å². The Kier molecular flexibility index (Phi) is 10.5.